The van der Waals surface area contributed by atoms with Crippen molar-refractivity contribution in [2.24, 2.45) is 0 Å². The molecule has 1 aliphatic carbocycles. The predicted octanol–water partition coefficient (Wildman–Crippen LogP) is 4.06. The van der Waals surface area contributed by atoms with Crippen molar-refractivity contribution in [2.45, 2.75) is 43.9 Å². The molecular formula is C21H21ClF3N5O3S. The molecule has 0 aliphatic heterocycles. The molecule has 34 heavy (non-hydrogen) atoms. The lowest BCUT2D eigenvalue weighted by atomic mass is 9.90. The van der Waals surface area contributed by atoms with Gasteiger partial charge in [-0.2, -0.15) is 22.4 Å². The molecule has 2 aromatic heterocycles. The number of anilines is 1. The second-order valence-electron chi connectivity index (χ2n) is 8.26. The summed E-state index contributed by atoms with van der Waals surface area (Å²) >= 11 is 6.06. The third kappa shape index (κ3) is 5.44. The quantitative estimate of drug-likeness (QED) is 0.531. The molecule has 4 rings (SSSR count). The highest BCUT2D eigenvalue weighted by Gasteiger charge is 2.34. The first-order valence-corrected chi connectivity index (χ1v) is 12.6. The number of rotatable bonds is 5. The lowest BCUT2D eigenvalue weighted by Gasteiger charge is -2.31. The summed E-state index contributed by atoms with van der Waals surface area (Å²) in [5.74, 6) is -0.471. The number of nitrogens with zero attached hydrogens (tertiary/aromatic N) is 3. The van der Waals surface area contributed by atoms with E-state index in [0.717, 1.165) is 24.9 Å². The molecule has 8 nitrogen and oxygen atoms in total. The van der Waals surface area contributed by atoms with Gasteiger partial charge in [-0.15, -0.1) is 0 Å². The summed E-state index contributed by atoms with van der Waals surface area (Å²) in [5.41, 5.74) is -0.463. The zero-order valence-corrected chi connectivity index (χ0v) is 19.5. The van der Waals surface area contributed by atoms with Crippen LogP contribution in [0.2, 0.25) is 5.02 Å². The highest BCUT2D eigenvalue weighted by Crippen LogP contribution is 2.35. The van der Waals surface area contributed by atoms with Crippen LogP contribution in [0.3, 0.4) is 0 Å². The summed E-state index contributed by atoms with van der Waals surface area (Å²) in [6.45, 7) is 0. The molecular weight excluding hydrogens is 495 g/mol. The third-order valence-electron chi connectivity index (χ3n) is 5.59. The van der Waals surface area contributed by atoms with E-state index in [1.165, 1.54) is 18.3 Å². The van der Waals surface area contributed by atoms with E-state index >= 15 is 0 Å². The van der Waals surface area contributed by atoms with Crippen LogP contribution in [0.25, 0.3) is 10.9 Å². The fourth-order valence-electron chi connectivity index (χ4n) is 4.01. The minimum absolute atomic E-state index is 0.102. The highest BCUT2D eigenvalue weighted by atomic mass is 35.5. The Balaban J connectivity index is 1.51. The number of alkyl halides is 3. The molecule has 0 bridgehead atoms. The Morgan fingerprint density at radius 1 is 1.21 bits per heavy atom. The molecule has 3 aromatic rings. The van der Waals surface area contributed by atoms with Crippen molar-refractivity contribution in [1.82, 2.24) is 19.5 Å². The van der Waals surface area contributed by atoms with Gasteiger partial charge in [0.25, 0.3) is 15.9 Å². The number of halogens is 4. The maximum Gasteiger partial charge on any atom is 0.433 e. The summed E-state index contributed by atoms with van der Waals surface area (Å²) in [5, 5.41) is 10.6. The van der Waals surface area contributed by atoms with Gasteiger partial charge < -0.3 is 10.6 Å². The topological polar surface area (TPSA) is 106 Å². The summed E-state index contributed by atoms with van der Waals surface area (Å²) < 4.78 is 64.0. The van der Waals surface area contributed by atoms with E-state index < -0.39 is 27.8 Å². The molecule has 1 saturated carbocycles. The van der Waals surface area contributed by atoms with Crippen molar-refractivity contribution in [3.05, 3.63) is 52.9 Å². The van der Waals surface area contributed by atoms with Crippen LogP contribution < -0.4 is 10.6 Å². The highest BCUT2D eigenvalue weighted by molar-refractivity contribution is 7.89. The molecule has 1 aliphatic rings. The number of nitrogens with one attached hydrogen (secondary N) is 2. The fraction of sp³-hybridized carbons (Fsp3) is 0.381. The molecule has 1 aromatic carbocycles. The SMILES string of the molecule is CS(=O)(=O)n1cc(C(=O)N[C@@H]2CCC[C@H](Nc3cc(C(F)(F)F)nc4ccc(Cl)cc34)C2)cn1. The van der Waals surface area contributed by atoms with Gasteiger partial charge in [-0.05, 0) is 49.9 Å². The standard InChI is InChI=1S/C21H21ClF3N5O3S/c1-34(32,33)30-11-12(10-26-30)20(31)28-15-4-2-3-14(8-15)27-18-9-19(21(23,24)25)29-17-6-5-13(22)7-16(17)18/h5-7,9-11,14-15H,2-4,8H2,1H3,(H,27,29)(H,28,31)/t14-,15+/m0/s1. The summed E-state index contributed by atoms with van der Waals surface area (Å²) in [7, 11) is -3.61. The van der Waals surface area contributed by atoms with Crippen LogP contribution >= 0.6 is 11.6 Å². The largest absolute Gasteiger partial charge is 0.433 e. The Labute approximate surface area is 198 Å². The van der Waals surface area contributed by atoms with Gasteiger partial charge in [0.1, 0.15) is 5.69 Å². The maximum absolute atomic E-state index is 13.4. The Morgan fingerprint density at radius 2 is 1.94 bits per heavy atom. The average Bonchev–Trinajstić information content (AvgIpc) is 3.25. The van der Waals surface area contributed by atoms with Crippen molar-refractivity contribution in [2.75, 3.05) is 11.6 Å². The minimum Gasteiger partial charge on any atom is -0.382 e. The first kappa shape index (κ1) is 24.3. The monoisotopic (exact) mass is 515 g/mol. The van der Waals surface area contributed by atoms with Crippen LogP contribution in [-0.2, 0) is 16.2 Å². The van der Waals surface area contributed by atoms with E-state index in [1.807, 2.05) is 0 Å². The molecule has 1 fully saturated rings. The second-order valence-corrected chi connectivity index (χ2v) is 10.5. The predicted molar refractivity (Wildman–Crippen MR) is 121 cm³/mol. The van der Waals surface area contributed by atoms with E-state index in [9.17, 15) is 26.4 Å². The first-order chi connectivity index (χ1) is 15.9. The molecule has 2 heterocycles. The number of aromatic nitrogens is 3. The van der Waals surface area contributed by atoms with Gasteiger partial charge in [0.2, 0.25) is 0 Å². The Morgan fingerprint density at radius 3 is 2.62 bits per heavy atom. The smallest absolute Gasteiger partial charge is 0.382 e. The number of hydrogen-bond acceptors (Lipinski definition) is 6. The third-order valence-corrected chi connectivity index (χ3v) is 6.71. The fourth-order valence-corrected chi connectivity index (χ4v) is 4.70. The van der Waals surface area contributed by atoms with E-state index in [2.05, 4.69) is 20.7 Å². The van der Waals surface area contributed by atoms with Crippen molar-refractivity contribution < 1.29 is 26.4 Å². The average molecular weight is 516 g/mol. The molecule has 182 valence electrons. The summed E-state index contributed by atoms with van der Waals surface area (Å²) in [4.78, 5) is 16.3. The zero-order chi connectivity index (χ0) is 24.7. The maximum atomic E-state index is 13.4. The number of carbonyl (C=O) groups excluding carboxylic acids is 1. The van der Waals surface area contributed by atoms with E-state index in [-0.39, 0.29) is 28.9 Å². The number of amides is 1. The Hall–Kier alpha value is -2.86. The van der Waals surface area contributed by atoms with Crippen LogP contribution in [0.15, 0.2) is 36.7 Å². The van der Waals surface area contributed by atoms with Crippen LogP contribution in [0, 0.1) is 0 Å². The van der Waals surface area contributed by atoms with Gasteiger partial charge in [0, 0.05) is 28.2 Å². The van der Waals surface area contributed by atoms with Crippen molar-refractivity contribution in [3.8, 4) is 0 Å². The number of pyridine rings is 1. The molecule has 0 unspecified atom stereocenters. The molecule has 0 saturated heterocycles. The molecule has 13 heteroatoms. The van der Waals surface area contributed by atoms with Crippen LogP contribution in [0.5, 0.6) is 0 Å². The van der Waals surface area contributed by atoms with Crippen molar-refractivity contribution in [1.29, 1.82) is 0 Å². The van der Waals surface area contributed by atoms with Crippen LogP contribution in [0.1, 0.15) is 41.7 Å². The number of benzene rings is 1. The number of hydrogen-bond donors (Lipinski definition) is 2. The summed E-state index contributed by atoms with van der Waals surface area (Å²) in [6, 6.07) is 5.01. The number of carbonyl (C=O) groups is 1. The lowest BCUT2D eigenvalue weighted by molar-refractivity contribution is -0.140. The normalized spacial score (nSPS) is 19.2. The first-order valence-electron chi connectivity index (χ1n) is 10.4. The van der Waals surface area contributed by atoms with Crippen LogP contribution in [0.4, 0.5) is 18.9 Å². The molecule has 0 radical (unpaired) electrons. The number of fused-ring (bicyclic) bond motifs is 1. The van der Waals surface area contributed by atoms with Crippen molar-refractivity contribution in [3.63, 3.8) is 0 Å². The lowest BCUT2D eigenvalue weighted by Crippen LogP contribution is -2.41. The van der Waals surface area contributed by atoms with Gasteiger partial charge in [0.15, 0.2) is 0 Å². The van der Waals surface area contributed by atoms with Gasteiger partial charge in [-0.1, -0.05) is 11.6 Å². The van der Waals surface area contributed by atoms with Gasteiger partial charge in [-0.25, -0.2) is 13.4 Å². The molecule has 2 N–H and O–H groups in total. The van der Waals surface area contributed by atoms with E-state index in [4.69, 9.17) is 11.6 Å². The van der Waals surface area contributed by atoms with Gasteiger partial charge in [0.05, 0.1) is 29.7 Å². The van der Waals surface area contributed by atoms with Gasteiger partial charge >= 0.3 is 6.18 Å². The van der Waals surface area contributed by atoms with Crippen LogP contribution in [-0.4, -0.2) is 46.8 Å². The minimum atomic E-state index is -4.61. The Kier molecular flexibility index (Phi) is 6.47. The van der Waals surface area contributed by atoms with E-state index in [1.54, 1.807) is 6.07 Å². The van der Waals surface area contributed by atoms with E-state index in [0.29, 0.717) is 33.8 Å². The second kappa shape index (κ2) is 9.06. The van der Waals surface area contributed by atoms with Crippen molar-refractivity contribution >= 4 is 44.1 Å². The summed E-state index contributed by atoms with van der Waals surface area (Å²) in [6.07, 6.45) is 1.25. The molecule has 1 amide bonds. The molecule has 0 spiro atoms. The Bertz CT molecular complexity index is 1340. The zero-order valence-electron chi connectivity index (χ0n) is 17.9. The molecule has 2 atom stereocenters. The van der Waals surface area contributed by atoms with Gasteiger partial charge in [-0.3, -0.25) is 4.79 Å².